The van der Waals surface area contributed by atoms with Gasteiger partial charge in [0.2, 0.25) is 5.91 Å². The molecule has 2 heteroatoms. The van der Waals surface area contributed by atoms with E-state index in [0.717, 1.165) is 24.8 Å². The minimum atomic E-state index is 0.232. The number of hydrogen-bond acceptors (Lipinski definition) is 1. The molecule has 12 heavy (non-hydrogen) atoms. The van der Waals surface area contributed by atoms with E-state index in [0.29, 0.717) is 5.92 Å². The number of carbonyl (C=O) groups excluding carboxylic acids is 1. The second kappa shape index (κ2) is 3.92. The fourth-order valence-electron chi connectivity index (χ4n) is 1.63. The third kappa shape index (κ3) is 2.50. The standard InChI is InChI=1S/C10H19NO/c1-7(2)8(3)4-9-5-10(12)11-6-9/h7-9H,4-6H2,1-3H3,(H,11,12). The van der Waals surface area contributed by atoms with Gasteiger partial charge in [0, 0.05) is 13.0 Å². The minimum absolute atomic E-state index is 0.232. The molecule has 2 unspecified atom stereocenters. The van der Waals surface area contributed by atoms with E-state index < -0.39 is 0 Å². The Morgan fingerprint density at radius 3 is 2.58 bits per heavy atom. The number of rotatable bonds is 3. The lowest BCUT2D eigenvalue weighted by molar-refractivity contribution is -0.119. The van der Waals surface area contributed by atoms with Crippen molar-refractivity contribution in [3.8, 4) is 0 Å². The molecule has 0 spiro atoms. The molecule has 0 aromatic heterocycles. The van der Waals surface area contributed by atoms with Crippen molar-refractivity contribution in [2.75, 3.05) is 6.54 Å². The summed E-state index contributed by atoms with van der Waals surface area (Å²) in [5.74, 6) is 2.30. The molecule has 1 saturated heterocycles. The molecule has 1 fully saturated rings. The molecule has 0 bridgehead atoms. The Morgan fingerprint density at radius 1 is 1.50 bits per heavy atom. The number of amides is 1. The SMILES string of the molecule is CC(C)C(C)CC1CNC(=O)C1. The highest BCUT2D eigenvalue weighted by molar-refractivity contribution is 5.78. The van der Waals surface area contributed by atoms with Crippen LogP contribution >= 0.6 is 0 Å². The molecule has 1 heterocycles. The van der Waals surface area contributed by atoms with Gasteiger partial charge in [0.15, 0.2) is 0 Å². The summed E-state index contributed by atoms with van der Waals surface area (Å²) in [6, 6.07) is 0. The molecule has 1 N–H and O–H groups in total. The Balaban J connectivity index is 2.27. The normalized spacial score (nSPS) is 26.0. The molecule has 0 aliphatic carbocycles. The maximum atomic E-state index is 10.9. The van der Waals surface area contributed by atoms with Gasteiger partial charge in [0.25, 0.3) is 0 Å². The molecule has 1 rings (SSSR count). The van der Waals surface area contributed by atoms with Gasteiger partial charge in [-0.3, -0.25) is 4.79 Å². The summed E-state index contributed by atoms with van der Waals surface area (Å²) in [6.07, 6.45) is 1.94. The first kappa shape index (κ1) is 9.56. The predicted octanol–water partition coefficient (Wildman–Crippen LogP) is 1.80. The van der Waals surface area contributed by atoms with E-state index in [1.165, 1.54) is 6.42 Å². The molecule has 0 aromatic carbocycles. The van der Waals surface area contributed by atoms with Crippen LogP contribution in [-0.2, 0) is 4.79 Å². The first-order chi connectivity index (χ1) is 5.59. The monoisotopic (exact) mass is 169 g/mol. The Hall–Kier alpha value is -0.530. The predicted molar refractivity (Wildman–Crippen MR) is 49.7 cm³/mol. The van der Waals surface area contributed by atoms with Gasteiger partial charge >= 0.3 is 0 Å². The molecule has 1 amide bonds. The highest BCUT2D eigenvalue weighted by Crippen LogP contribution is 2.23. The zero-order valence-corrected chi connectivity index (χ0v) is 8.26. The zero-order valence-electron chi connectivity index (χ0n) is 8.26. The van der Waals surface area contributed by atoms with E-state index >= 15 is 0 Å². The smallest absolute Gasteiger partial charge is 0.220 e. The summed E-state index contributed by atoms with van der Waals surface area (Å²) in [4.78, 5) is 10.9. The van der Waals surface area contributed by atoms with Crippen LogP contribution in [-0.4, -0.2) is 12.5 Å². The quantitative estimate of drug-likeness (QED) is 0.686. The van der Waals surface area contributed by atoms with Gasteiger partial charge in [-0.15, -0.1) is 0 Å². The van der Waals surface area contributed by atoms with Crippen molar-refractivity contribution in [1.29, 1.82) is 0 Å². The maximum Gasteiger partial charge on any atom is 0.220 e. The first-order valence-electron chi connectivity index (χ1n) is 4.86. The van der Waals surface area contributed by atoms with Crippen molar-refractivity contribution in [3.63, 3.8) is 0 Å². The van der Waals surface area contributed by atoms with Gasteiger partial charge < -0.3 is 5.32 Å². The lowest BCUT2D eigenvalue weighted by Crippen LogP contribution is -2.15. The molecule has 2 atom stereocenters. The Kier molecular flexibility index (Phi) is 3.12. The van der Waals surface area contributed by atoms with Gasteiger partial charge in [-0.2, -0.15) is 0 Å². The summed E-state index contributed by atoms with van der Waals surface area (Å²) < 4.78 is 0. The molecule has 70 valence electrons. The van der Waals surface area contributed by atoms with Crippen LogP contribution in [0.15, 0.2) is 0 Å². The first-order valence-corrected chi connectivity index (χ1v) is 4.86. The van der Waals surface area contributed by atoms with E-state index in [9.17, 15) is 4.79 Å². The van der Waals surface area contributed by atoms with E-state index in [4.69, 9.17) is 0 Å². The highest BCUT2D eigenvalue weighted by atomic mass is 16.1. The third-order valence-electron chi connectivity index (χ3n) is 2.91. The minimum Gasteiger partial charge on any atom is -0.356 e. The van der Waals surface area contributed by atoms with Crippen LogP contribution in [0.5, 0.6) is 0 Å². The fourth-order valence-corrected chi connectivity index (χ4v) is 1.63. The van der Waals surface area contributed by atoms with Crippen LogP contribution in [0, 0.1) is 17.8 Å². The van der Waals surface area contributed by atoms with Gasteiger partial charge in [-0.1, -0.05) is 20.8 Å². The van der Waals surface area contributed by atoms with Gasteiger partial charge in [-0.25, -0.2) is 0 Å². The van der Waals surface area contributed by atoms with Crippen LogP contribution in [0.25, 0.3) is 0 Å². The maximum absolute atomic E-state index is 10.9. The number of hydrogen-bond donors (Lipinski definition) is 1. The van der Waals surface area contributed by atoms with Crippen LogP contribution < -0.4 is 5.32 Å². The Morgan fingerprint density at radius 2 is 2.17 bits per heavy atom. The lowest BCUT2D eigenvalue weighted by atomic mass is 9.87. The van der Waals surface area contributed by atoms with E-state index in [-0.39, 0.29) is 5.91 Å². The average molecular weight is 169 g/mol. The molecular formula is C10H19NO. The van der Waals surface area contributed by atoms with Crippen molar-refractivity contribution in [2.45, 2.75) is 33.6 Å². The van der Waals surface area contributed by atoms with Crippen molar-refractivity contribution < 1.29 is 4.79 Å². The number of nitrogens with one attached hydrogen (secondary N) is 1. The Labute approximate surface area is 74.7 Å². The summed E-state index contributed by atoms with van der Waals surface area (Å²) in [5.41, 5.74) is 0. The molecule has 0 saturated carbocycles. The second-order valence-corrected chi connectivity index (χ2v) is 4.33. The molecular weight excluding hydrogens is 150 g/mol. The molecule has 0 aromatic rings. The highest BCUT2D eigenvalue weighted by Gasteiger charge is 2.23. The average Bonchev–Trinajstić information content (AvgIpc) is 2.35. The van der Waals surface area contributed by atoms with Crippen LogP contribution in [0.3, 0.4) is 0 Å². The van der Waals surface area contributed by atoms with Gasteiger partial charge in [0.1, 0.15) is 0 Å². The lowest BCUT2D eigenvalue weighted by Gasteiger charge is -2.18. The van der Waals surface area contributed by atoms with Crippen LogP contribution in [0.2, 0.25) is 0 Å². The van der Waals surface area contributed by atoms with Gasteiger partial charge in [-0.05, 0) is 24.2 Å². The molecule has 1 aliphatic heterocycles. The van der Waals surface area contributed by atoms with Crippen LogP contribution in [0.1, 0.15) is 33.6 Å². The second-order valence-electron chi connectivity index (χ2n) is 4.33. The summed E-state index contributed by atoms with van der Waals surface area (Å²) in [5, 5.41) is 2.87. The van der Waals surface area contributed by atoms with Crippen molar-refractivity contribution in [3.05, 3.63) is 0 Å². The van der Waals surface area contributed by atoms with Gasteiger partial charge in [0.05, 0.1) is 0 Å². The third-order valence-corrected chi connectivity index (χ3v) is 2.91. The van der Waals surface area contributed by atoms with Crippen molar-refractivity contribution in [2.24, 2.45) is 17.8 Å². The van der Waals surface area contributed by atoms with Crippen molar-refractivity contribution in [1.82, 2.24) is 5.32 Å². The topological polar surface area (TPSA) is 29.1 Å². The summed E-state index contributed by atoms with van der Waals surface area (Å²) in [7, 11) is 0. The zero-order chi connectivity index (χ0) is 9.14. The molecule has 0 radical (unpaired) electrons. The van der Waals surface area contributed by atoms with E-state index in [1.54, 1.807) is 0 Å². The molecule has 1 aliphatic rings. The van der Waals surface area contributed by atoms with Crippen molar-refractivity contribution >= 4 is 5.91 Å². The van der Waals surface area contributed by atoms with Crippen LogP contribution in [0.4, 0.5) is 0 Å². The largest absolute Gasteiger partial charge is 0.356 e. The number of carbonyl (C=O) groups is 1. The molecule has 2 nitrogen and oxygen atoms in total. The van der Waals surface area contributed by atoms with E-state index in [1.807, 2.05) is 0 Å². The summed E-state index contributed by atoms with van der Waals surface area (Å²) >= 11 is 0. The fraction of sp³-hybridized carbons (Fsp3) is 0.900. The van der Waals surface area contributed by atoms with E-state index in [2.05, 4.69) is 26.1 Å². The summed E-state index contributed by atoms with van der Waals surface area (Å²) in [6.45, 7) is 7.66. The Bertz CT molecular complexity index is 165.